The van der Waals surface area contributed by atoms with Gasteiger partial charge in [0.1, 0.15) is 0 Å². The van der Waals surface area contributed by atoms with Crippen molar-refractivity contribution in [1.82, 2.24) is 0 Å². The molecule has 11 heavy (non-hydrogen) atoms. The van der Waals surface area contributed by atoms with Gasteiger partial charge in [0.2, 0.25) is 0 Å². The van der Waals surface area contributed by atoms with Crippen LogP contribution in [0.5, 0.6) is 0 Å². The lowest BCUT2D eigenvalue weighted by Gasteiger charge is -1.89. The van der Waals surface area contributed by atoms with Crippen LogP contribution >= 0.6 is 0 Å². The lowest BCUT2D eigenvalue weighted by molar-refractivity contribution is -0.131. The highest BCUT2D eigenvalue weighted by atomic mass is 16.6. The zero-order valence-corrected chi connectivity index (χ0v) is 6.19. The molecule has 0 aliphatic carbocycles. The number of hydrogen-bond acceptors (Lipinski definition) is 2. The minimum atomic E-state index is -0.882. The van der Waals surface area contributed by atoms with E-state index in [1.165, 1.54) is 6.08 Å². The largest absolute Gasteiger partial charge is 0.478 e. The van der Waals surface area contributed by atoms with Crippen LogP contribution in [-0.2, 0) is 9.53 Å². The first-order valence-electron chi connectivity index (χ1n) is 3.63. The van der Waals surface area contributed by atoms with Crippen LogP contribution in [0.1, 0.15) is 12.8 Å². The predicted octanol–water partition coefficient (Wildman–Crippen LogP) is 1.01. The van der Waals surface area contributed by atoms with Gasteiger partial charge in [0, 0.05) is 6.08 Å². The third-order valence-electron chi connectivity index (χ3n) is 1.38. The van der Waals surface area contributed by atoms with E-state index >= 15 is 0 Å². The van der Waals surface area contributed by atoms with Gasteiger partial charge in [0.15, 0.2) is 0 Å². The van der Waals surface area contributed by atoms with Gasteiger partial charge in [0.05, 0.1) is 12.7 Å². The Bertz CT molecular complexity index is 159. The molecular weight excluding hydrogens is 144 g/mol. The summed E-state index contributed by atoms with van der Waals surface area (Å²) in [5, 5.41) is 8.21. The zero-order chi connectivity index (χ0) is 8.10. The Morgan fingerprint density at radius 3 is 2.91 bits per heavy atom. The highest BCUT2D eigenvalue weighted by Crippen LogP contribution is 2.15. The predicted molar refractivity (Wildman–Crippen MR) is 40.0 cm³/mol. The van der Waals surface area contributed by atoms with Crippen molar-refractivity contribution in [2.45, 2.75) is 18.9 Å². The molecular formula is C8H11O3. The second kappa shape index (κ2) is 4.13. The summed E-state index contributed by atoms with van der Waals surface area (Å²) in [6, 6.07) is 0. The fourth-order valence-corrected chi connectivity index (χ4v) is 0.754. The van der Waals surface area contributed by atoms with Crippen LogP contribution in [0.3, 0.4) is 0 Å². The number of carboxylic acid groups (broad SMARTS) is 1. The van der Waals surface area contributed by atoms with Gasteiger partial charge in [-0.1, -0.05) is 6.08 Å². The first-order chi connectivity index (χ1) is 5.29. The Hall–Kier alpha value is -0.830. The van der Waals surface area contributed by atoms with Crippen LogP contribution in [-0.4, -0.2) is 23.8 Å². The van der Waals surface area contributed by atoms with Gasteiger partial charge in [-0.05, 0) is 19.3 Å². The molecule has 1 aliphatic rings. The van der Waals surface area contributed by atoms with Crippen molar-refractivity contribution in [3.63, 3.8) is 0 Å². The maximum absolute atomic E-state index is 9.99. The van der Waals surface area contributed by atoms with Crippen molar-refractivity contribution in [3.05, 3.63) is 18.6 Å². The molecule has 0 aromatic heterocycles. The monoisotopic (exact) mass is 155 g/mol. The molecule has 1 atom stereocenters. The second-order valence-electron chi connectivity index (χ2n) is 2.43. The number of carbonyl (C=O) groups is 1. The Morgan fingerprint density at radius 1 is 1.64 bits per heavy atom. The van der Waals surface area contributed by atoms with E-state index < -0.39 is 5.97 Å². The summed E-state index contributed by atoms with van der Waals surface area (Å²) in [4.78, 5) is 9.99. The van der Waals surface area contributed by atoms with E-state index in [9.17, 15) is 4.79 Å². The third kappa shape index (κ3) is 4.56. The number of carboxylic acids is 1. The van der Waals surface area contributed by atoms with Crippen LogP contribution in [0.2, 0.25) is 0 Å². The van der Waals surface area contributed by atoms with Gasteiger partial charge in [-0.25, -0.2) is 4.79 Å². The van der Waals surface area contributed by atoms with Gasteiger partial charge < -0.3 is 9.84 Å². The first-order valence-corrected chi connectivity index (χ1v) is 3.63. The van der Waals surface area contributed by atoms with Crippen molar-refractivity contribution in [3.8, 4) is 0 Å². The molecule has 0 amide bonds. The smallest absolute Gasteiger partial charge is 0.327 e. The third-order valence-corrected chi connectivity index (χ3v) is 1.38. The highest BCUT2D eigenvalue weighted by Gasteiger charge is 2.20. The Morgan fingerprint density at radius 2 is 2.36 bits per heavy atom. The summed E-state index contributed by atoms with van der Waals surface area (Å²) in [6.45, 7) is 0.836. The molecule has 3 heteroatoms. The van der Waals surface area contributed by atoms with Crippen molar-refractivity contribution in [2.75, 3.05) is 6.61 Å². The SMILES string of the molecule is O=C(O)C=CCC[CH]C1CO1. The summed E-state index contributed by atoms with van der Waals surface area (Å²) < 4.78 is 4.94. The molecule has 1 heterocycles. The average Bonchev–Trinajstić information content (AvgIpc) is 2.70. The van der Waals surface area contributed by atoms with Gasteiger partial charge in [-0.15, -0.1) is 0 Å². The van der Waals surface area contributed by atoms with Gasteiger partial charge in [0.25, 0.3) is 0 Å². The normalized spacial score (nSPS) is 22.4. The molecule has 1 aliphatic heterocycles. The summed E-state index contributed by atoms with van der Waals surface area (Å²) >= 11 is 0. The van der Waals surface area contributed by atoms with E-state index in [2.05, 4.69) is 6.42 Å². The standard InChI is InChI=1S/C8H11O3/c9-8(10)5-3-1-2-4-7-6-11-7/h3-5,7H,1-2,6H2,(H,9,10). The molecule has 1 fully saturated rings. The zero-order valence-electron chi connectivity index (χ0n) is 6.19. The Balaban J connectivity index is 1.90. The Labute approximate surface area is 65.7 Å². The van der Waals surface area contributed by atoms with Crippen molar-refractivity contribution in [2.24, 2.45) is 0 Å². The molecule has 1 N–H and O–H groups in total. The second-order valence-corrected chi connectivity index (χ2v) is 2.43. The molecule has 1 radical (unpaired) electrons. The molecule has 1 unspecified atom stereocenters. The Kier molecular flexibility index (Phi) is 3.11. The molecule has 0 saturated carbocycles. The van der Waals surface area contributed by atoms with Crippen molar-refractivity contribution < 1.29 is 14.6 Å². The topological polar surface area (TPSA) is 49.8 Å². The van der Waals surface area contributed by atoms with Gasteiger partial charge in [-0.3, -0.25) is 0 Å². The number of aliphatic carboxylic acids is 1. The first kappa shape index (κ1) is 8.27. The van der Waals surface area contributed by atoms with Gasteiger partial charge >= 0.3 is 5.97 Å². The molecule has 0 bridgehead atoms. The average molecular weight is 155 g/mol. The lowest BCUT2D eigenvalue weighted by Crippen LogP contribution is -1.87. The van der Waals surface area contributed by atoms with Crippen LogP contribution < -0.4 is 0 Å². The molecule has 3 nitrogen and oxygen atoms in total. The molecule has 61 valence electrons. The van der Waals surface area contributed by atoms with Crippen LogP contribution in [0.4, 0.5) is 0 Å². The fourth-order valence-electron chi connectivity index (χ4n) is 0.754. The number of unbranched alkanes of at least 4 members (excludes halogenated alkanes) is 1. The molecule has 0 aromatic carbocycles. The number of rotatable bonds is 5. The quantitative estimate of drug-likeness (QED) is 0.366. The van der Waals surface area contributed by atoms with E-state index in [4.69, 9.17) is 9.84 Å². The number of allylic oxidation sites excluding steroid dienone is 1. The minimum Gasteiger partial charge on any atom is -0.478 e. The summed E-state index contributed by atoms with van der Waals surface area (Å²) in [5.74, 6) is -0.882. The fraction of sp³-hybridized carbons (Fsp3) is 0.500. The van der Waals surface area contributed by atoms with E-state index in [0.717, 1.165) is 19.4 Å². The van der Waals surface area contributed by atoms with E-state index in [1.54, 1.807) is 6.08 Å². The van der Waals surface area contributed by atoms with E-state index in [-0.39, 0.29) is 0 Å². The minimum absolute atomic E-state index is 0.341. The number of hydrogen-bond donors (Lipinski definition) is 1. The molecule has 0 spiro atoms. The van der Waals surface area contributed by atoms with Crippen LogP contribution in [0.15, 0.2) is 12.2 Å². The molecule has 1 saturated heterocycles. The molecule has 1 rings (SSSR count). The maximum atomic E-state index is 9.99. The number of ether oxygens (including phenoxy) is 1. The summed E-state index contributed by atoms with van der Waals surface area (Å²) in [6.07, 6.45) is 6.91. The summed E-state index contributed by atoms with van der Waals surface area (Å²) in [7, 11) is 0. The van der Waals surface area contributed by atoms with E-state index in [1.807, 2.05) is 0 Å². The van der Waals surface area contributed by atoms with Crippen LogP contribution in [0, 0.1) is 6.42 Å². The summed E-state index contributed by atoms with van der Waals surface area (Å²) in [5.41, 5.74) is 0. The van der Waals surface area contributed by atoms with Gasteiger partial charge in [-0.2, -0.15) is 0 Å². The maximum Gasteiger partial charge on any atom is 0.327 e. The molecule has 0 aromatic rings. The van der Waals surface area contributed by atoms with Crippen molar-refractivity contribution >= 4 is 5.97 Å². The highest BCUT2D eigenvalue weighted by molar-refractivity contribution is 5.79. The van der Waals surface area contributed by atoms with Crippen molar-refractivity contribution in [1.29, 1.82) is 0 Å². The lowest BCUT2D eigenvalue weighted by atomic mass is 10.2. The van der Waals surface area contributed by atoms with Crippen LogP contribution in [0.25, 0.3) is 0 Å². The van der Waals surface area contributed by atoms with E-state index in [0.29, 0.717) is 6.10 Å². The number of epoxide rings is 1.